The third-order valence-electron chi connectivity index (χ3n) is 3.07. The van der Waals surface area contributed by atoms with Crippen LogP contribution in [-0.4, -0.2) is 41.3 Å². The summed E-state index contributed by atoms with van der Waals surface area (Å²) in [4.78, 5) is 35.4. The molecule has 1 N–H and O–H groups in total. The summed E-state index contributed by atoms with van der Waals surface area (Å²) in [7, 11) is 1.42. The largest absolute Gasteiger partial charge is 0.352 e. The smallest absolute Gasteiger partial charge is 0.300 e. The Morgan fingerprint density at radius 1 is 1.48 bits per heavy atom. The minimum Gasteiger partial charge on any atom is -0.352 e. The van der Waals surface area contributed by atoms with Crippen molar-refractivity contribution in [3.05, 3.63) is 38.9 Å². The summed E-state index contributed by atoms with van der Waals surface area (Å²) >= 11 is 5.76. The average molecular weight is 312 g/mol. The van der Waals surface area contributed by atoms with Crippen molar-refractivity contribution in [3.63, 3.8) is 0 Å². The third-order valence-corrected chi connectivity index (χ3v) is 3.37. The number of nitro groups is 1. The molecule has 112 valence electrons. The molecule has 7 nitrogen and oxygen atoms in total. The summed E-state index contributed by atoms with van der Waals surface area (Å²) in [6, 6.07) is 4.32. The standard InChI is InChI=1S/C13H14ClN3O4/c1-16(7-11(18)15-8-5-6-8)13(19)9-3-2-4-10(14)12(9)17(20)21/h2-4,8H,5-7H2,1H3,(H,15,18). The fourth-order valence-corrected chi connectivity index (χ4v) is 2.11. The topological polar surface area (TPSA) is 92.6 Å². The lowest BCUT2D eigenvalue weighted by Gasteiger charge is -2.17. The molecular weight excluding hydrogens is 298 g/mol. The summed E-state index contributed by atoms with van der Waals surface area (Å²) < 4.78 is 0. The van der Waals surface area contributed by atoms with E-state index in [9.17, 15) is 19.7 Å². The van der Waals surface area contributed by atoms with E-state index in [1.807, 2.05) is 0 Å². The van der Waals surface area contributed by atoms with Gasteiger partial charge in [-0.15, -0.1) is 0 Å². The molecule has 1 aliphatic rings. The van der Waals surface area contributed by atoms with Gasteiger partial charge in [-0.1, -0.05) is 17.7 Å². The second-order valence-corrected chi connectivity index (χ2v) is 5.30. The Kier molecular flexibility index (Phi) is 4.42. The van der Waals surface area contributed by atoms with Gasteiger partial charge in [-0.2, -0.15) is 0 Å². The van der Waals surface area contributed by atoms with Crippen LogP contribution < -0.4 is 5.32 Å². The van der Waals surface area contributed by atoms with E-state index in [4.69, 9.17) is 11.6 Å². The highest BCUT2D eigenvalue weighted by molar-refractivity contribution is 6.33. The summed E-state index contributed by atoms with van der Waals surface area (Å²) in [5.74, 6) is -0.895. The predicted octanol–water partition coefficient (Wildman–Crippen LogP) is 1.60. The monoisotopic (exact) mass is 311 g/mol. The van der Waals surface area contributed by atoms with Gasteiger partial charge < -0.3 is 10.2 Å². The Labute approximate surface area is 126 Å². The molecule has 0 unspecified atom stereocenters. The Hall–Kier alpha value is -2.15. The van der Waals surface area contributed by atoms with E-state index in [0.717, 1.165) is 17.7 Å². The summed E-state index contributed by atoms with van der Waals surface area (Å²) in [6.45, 7) is -0.154. The van der Waals surface area contributed by atoms with Crippen LogP contribution >= 0.6 is 11.6 Å². The molecule has 0 radical (unpaired) electrons. The number of hydrogen-bond donors (Lipinski definition) is 1. The fraction of sp³-hybridized carbons (Fsp3) is 0.385. The molecule has 2 rings (SSSR count). The Bertz CT molecular complexity index is 601. The van der Waals surface area contributed by atoms with E-state index >= 15 is 0 Å². The Morgan fingerprint density at radius 2 is 2.14 bits per heavy atom. The molecule has 1 aromatic carbocycles. The van der Waals surface area contributed by atoms with E-state index < -0.39 is 16.5 Å². The molecule has 0 heterocycles. The zero-order valence-electron chi connectivity index (χ0n) is 11.3. The van der Waals surface area contributed by atoms with Crippen LogP contribution in [0.15, 0.2) is 18.2 Å². The van der Waals surface area contributed by atoms with Gasteiger partial charge in [0.2, 0.25) is 5.91 Å². The quantitative estimate of drug-likeness (QED) is 0.660. The molecule has 0 spiro atoms. The first-order valence-electron chi connectivity index (χ1n) is 6.38. The molecule has 21 heavy (non-hydrogen) atoms. The van der Waals surface area contributed by atoms with Crippen LogP contribution in [-0.2, 0) is 4.79 Å². The maximum Gasteiger partial charge on any atom is 0.300 e. The number of nitro benzene ring substituents is 1. The SMILES string of the molecule is CN(CC(=O)NC1CC1)C(=O)c1cccc(Cl)c1[N+](=O)[O-]. The van der Waals surface area contributed by atoms with E-state index in [2.05, 4.69) is 5.32 Å². The third kappa shape index (κ3) is 3.69. The van der Waals surface area contributed by atoms with Crippen LogP contribution in [0.2, 0.25) is 5.02 Å². The van der Waals surface area contributed by atoms with E-state index in [1.165, 1.54) is 25.2 Å². The predicted molar refractivity (Wildman–Crippen MR) is 76.2 cm³/mol. The van der Waals surface area contributed by atoms with Crippen molar-refractivity contribution in [2.24, 2.45) is 0 Å². The maximum absolute atomic E-state index is 12.2. The van der Waals surface area contributed by atoms with Gasteiger partial charge in [0, 0.05) is 13.1 Å². The normalized spacial score (nSPS) is 13.6. The first kappa shape index (κ1) is 15.2. The van der Waals surface area contributed by atoms with Gasteiger partial charge in [0.05, 0.1) is 11.5 Å². The van der Waals surface area contributed by atoms with E-state index in [1.54, 1.807) is 0 Å². The molecule has 2 amide bonds. The first-order chi connectivity index (χ1) is 9.90. The lowest BCUT2D eigenvalue weighted by molar-refractivity contribution is -0.385. The number of nitrogens with zero attached hydrogens (tertiary/aromatic N) is 2. The number of carbonyl (C=O) groups excluding carboxylic acids is 2. The van der Waals surface area contributed by atoms with Gasteiger partial charge in [-0.05, 0) is 25.0 Å². The number of halogens is 1. The highest BCUT2D eigenvalue weighted by Crippen LogP contribution is 2.28. The minimum atomic E-state index is -0.701. The minimum absolute atomic E-state index is 0.110. The Balaban J connectivity index is 2.13. The van der Waals surface area contributed by atoms with Gasteiger partial charge in [-0.25, -0.2) is 0 Å². The van der Waals surface area contributed by atoms with E-state index in [0.29, 0.717) is 0 Å². The van der Waals surface area contributed by atoms with Crippen LogP contribution in [0.25, 0.3) is 0 Å². The first-order valence-corrected chi connectivity index (χ1v) is 6.75. The molecule has 1 fully saturated rings. The summed E-state index contributed by atoms with van der Waals surface area (Å²) in [5.41, 5.74) is -0.576. The van der Waals surface area contributed by atoms with Crippen molar-refractivity contribution in [2.75, 3.05) is 13.6 Å². The number of rotatable bonds is 5. The van der Waals surface area contributed by atoms with Crippen molar-refractivity contribution in [1.29, 1.82) is 0 Å². The highest BCUT2D eigenvalue weighted by Gasteiger charge is 2.28. The summed E-state index contributed by atoms with van der Waals surface area (Å²) in [6.07, 6.45) is 1.90. The second kappa shape index (κ2) is 6.09. The van der Waals surface area contributed by atoms with Crippen LogP contribution in [0, 0.1) is 10.1 Å². The van der Waals surface area contributed by atoms with Crippen molar-refractivity contribution in [1.82, 2.24) is 10.2 Å². The van der Waals surface area contributed by atoms with Crippen molar-refractivity contribution in [2.45, 2.75) is 18.9 Å². The molecule has 1 aromatic rings. The number of likely N-dealkylation sites (N-methyl/N-ethyl adjacent to an activating group) is 1. The number of carbonyl (C=O) groups is 2. The average Bonchev–Trinajstić information content (AvgIpc) is 3.20. The molecular formula is C13H14ClN3O4. The van der Waals surface area contributed by atoms with Gasteiger partial charge >= 0.3 is 5.69 Å². The molecule has 0 atom stereocenters. The van der Waals surface area contributed by atoms with Gasteiger partial charge in [0.15, 0.2) is 0 Å². The molecule has 1 saturated carbocycles. The summed E-state index contributed by atoms with van der Waals surface area (Å²) in [5, 5.41) is 13.7. The lowest BCUT2D eigenvalue weighted by atomic mass is 10.1. The number of para-hydroxylation sites is 1. The van der Waals surface area contributed by atoms with Crippen LogP contribution in [0.1, 0.15) is 23.2 Å². The van der Waals surface area contributed by atoms with Gasteiger partial charge in [-0.3, -0.25) is 19.7 Å². The molecule has 0 aliphatic heterocycles. The number of amides is 2. The fourth-order valence-electron chi connectivity index (χ4n) is 1.87. The Morgan fingerprint density at radius 3 is 2.71 bits per heavy atom. The molecule has 8 heteroatoms. The molecule has 1 aliphatic carbocycles. The molecule has 0 saturated heterocycles. The maximum atomic E-state index is 12.2. The van der Waals surface area contributed by atoms with Gasteiger partial charge in [0.1, 0.15) is 10.6 Å². The number of hydrogen-bond acceptors (Lipinski definition) is 4. The van der Waals surface area contributed by atoms with Crippen LogP contribution in [0.3, 0.4) is 0 Å². The second-order valence-electron chi connectivity index (χ2n) is 4.90. The number of benzene rings is 1. The highest BCUT2D eigenvalue weighted by atomic mass is 35.5. The molecule has 0 aromatic heterocycles. The lowest BCUT2D eigenvalue weighted by Crippen LogP contribution is -2.39. The number of nitrogens with one attached hydrogen (secondary N) is 1. The van der Waals surface area contributed by atoms with Crippen molar-refractivity contribution < 1.29 is 14.5 Å². The zero-order chi connectivity index (χ0) is 15.6. The van der Waals surface area contributed by atoms with Crippen LogP contribution in [0.5, 0.6) is 0 Å². The van der Waals surface area contributed by atoms with Gasteiger partial charge in [0.25, 0.3) is 5.91 Å². The van der Waals surface area contributed by atoms with E-state index in [-0.39, 0.29) is 29.1 Å². The van der Waals surface area contributed by atoms with Crippen LogP contribution in [0.4, 0.5) is 5.69 Å². The zero-order valence-corrected chi connectivity index (χ0v) is 12.1. The van der Waals surface area contributed by atoms with Crippen molar-refractivity contribution >= 4 is 29.1 Å². The van der Waals surface area contributed by atoms with Crippen molar-refractivity contribution in [3.8, 4) is 0 Å². The molecule has 0 bridgehead atoms.